The van der Waals surface area contributed by atoms with Gasteiger partial charge in [-0.25, -0.2) is 13.1 Å². The van der Waals surface area contributed by atoms with E-state index in [1.807, 2.05) is 48.7 Å². The molecule has 0 saturated carbocycles. The molecule has 1 aliphatic heterocycles. The number of rotatable bonds is 5. The van der Waals surface area contributed by atoms with E-state index in [1.165, 1.54) is 12.3 Å². The molecule has 2 aromatic carbocycles. The smallest absolute Gasteiger partial charge is 0.223 e. The van der Waals surface area contributed by atoms with Gasteiger partial charge < -0.3 is 15.0 Å². The Hall–Kier alpha value is -3.36. The first-order valence-corrected chi connectivity index (χ1v) is 11.7. The van der Waals surface area contributed by atoms with Gasteiger partial charge in [-0.15, -0.1) is 0 Å². The topological polar surface area (TPSA) is 100 Å². The Morgan fingerprint density at radius 2 is 1.90 bits per heavy atom. The van der Waals surface area contributed by atoms with Gasteiger partial charge in [-0.3, -0.25) is 4.79 Å². The highest BCUT2D eigenvalue weighted by Gasteiger charge is 2.18. The second-order valence-corrected chi connectivity index (χ2v) is 9.35. The summed E-state index contributed by atoms with van der Waals surface area (Å²) in [5, 5.41) is 15.6. The lowest BCUT2D eigenvalue weighted by Gasteiger charge is -2.21. The second-order valence-electron chi connectivity index (χ2n) is 7.57. The highest BCUT2D eigenvalue weighted by Crippen LogP contribution is 2.22. The first-order chi connectivity index (χ1) is 14.7. The van der Waals surface area contributed by atoms with Crippen molar-refractivity contribution in [3.8, 4) is 11.4 Å². The third-order valence-electron chi connectivity index (χ3n) is 5.19. The SMILES string of the molecule is CC(NS(C)(=O)=O)c1cc(=O)c(O)cn1-c1cccc(C2=c3ccccc3=CNC2)c1. The summed E-state index contributed by atoms with van der Waals surface area (Å²) in [5.41, 5.74) is 2.66. The monoisotopic (exact) mass is 437 g/mol. The van der Waals surface area contributed by atoms with Crippen LogP contribution in [0.2, 0.25) is 0 Å². The molecule has 0 aliphatic carbocycles. The van der Waals surface area contributed by atoms with E-state index in [9.17, 15) is 18.3 Å². The van der Waals surface area contributed by atoms with Crippen LogP contribution < -0.4 is 25.9 Å². The Bertz CT molecular complexity index is 1440. The fourth-order valence-corrected chi connectivity index (χ4v) is 4.60. The lowest BCUT2D eigenvalue weighted by Crippen LogP contribution is -2.36. The molecule has 1 aliphatic rings. The van der Waals surface area contributed by atoms with Gasteiger partial charge in [0.15, 0.2) is 5.75 Å². The molecule has 0 bridgehead atoms. The highest BCUT2D eigenvalue weighted by molar-refractivity contribution is 7.88. The lowest BCUT2D eigenvalue weighted by molar-refractivity contribution is 0.463. The second kappa shape index (κ2) is 8.05. The van der Waals surface area contributed by atoms with Crippen LogP contribution in [0.5, 0.6) is 5.75 Å². The molecule has 1 aromatic heterocycles. The van der Waals surface area contributed by atoms with Gasteiger partial charge in [0, 0.05) is 30.2 Å². The van der Waals surface area contributed by atoms with Crippen molar-refractivity contribution in [3.05, 3.63) is 92.7 Å². The summed E-state index contributed by atoms with van der Waals surface area (Å²) in [6.07, 6.45) is 4.37. The third-order valence-corrected chi connectivity index (χ3v) is 5.97. The zero-order chi connectivity index (χ0) is 22.2. The number of aromatic hydroxyl groups is 1. The molecule has 1 unspecified atom stereocenters. The Labute approximate surface area is 180 Å². The molecule has 0 radical (unpaired) electrons. The number of nitrogens with one attached hydrogen (secondary N) is 2. The maximum atomic E-state index is 12.1. The van der Waals surface area contributed by atoms with E-state index in [1.54, 1.807) is 11.5 Å². The molecule has 0 spiro atoms. The van der Waals surface area contributed by atoms with E-state index < -0.39 is 27.2 Å². The number of aromatic nitrogens is 1. The zero-order valence-electron chi connectivity index (χ0n) is 17.2. The molecule has 0 saturated heterocycles. The molecule has 1 atom stereocenters. The molecule has 3 N–H and O–H groups in total. The third kappa shape index (κ3) is 4.40. The average molecular weight is 438 g/mol. The summed E-state index contributed by atoms with van der Waals surface area (Å²) in [4.78, 5) is 12.1. The van der Waals surface area contributed by atoms with Gasteiger partial charge in [-0.2, -0.15) is 0 Å². The van der Waals surface area contributed by atoms with Crippen molar-refractivity contribution in [2.45, 2.75) is 13.0 Å². The Balaban J connectivity index is 1.89. The van der Waals surface area contributed by atoms with Crippen molar-refractivity contribution in [2.75, 3.05) is 12.8 Å². The quantitative estimate of drug-likeness (QED) is 0.546. The van der Waals surface area contributed by atoms with Crippen LogP contribution in [0.4, 0.5) is 0 Å². The molecule has 7 nitrogen and oxygen atoms in total. The number of nitrogens with zero attached hydrogens (tertiary/aromatic N) is 1. The molecule has 0 amide bonds. The van der Waals surface area contributed by atoms with Gasteiger partial charge in [0.25, 0.3) is 0 Å². The van der Waals surface area contributed by atoms with E-state index in [2.05, 4.69) is 16.1 Å². The molecule has 8 heteroatoms. The van der Waals surface area contributed by atoms with Gasteiger partial charge in [0.05, 0.1) is 18.5 Å². The minimum atomic E-state index is -3.50. The van der Waals surface area contributed by atoms with Crippen LogP contribution in [0.15, 0.2) is 65.6 Å². The number of pyridine rings is 1. The van der Waals surface area contributed by atoms with Gasteiger partial charge in [0.1, 0.15) is 0 Å². The van der Waals surface area contributed by atoms with Crippen LogP contribution in [0, 0.1) is 0 Å². The number of fused-ring (bicyclic) bond motifs is 1. The van der Waals surface area contributed by atoms with Crippen molar-refractivity contribution in [3.63, 3.8) is 0 Å². The summed E-state index contributed by atoms with van der Waals surface area (Å²) < 4.78 is 27.6. The number of hydrogen-bond acceptors (Lipinski definition) is 5. The molecular formula is C23H23N3O4S. The number of hydrogen-bond donors (Lipinski definition) is 3. The minimum Gasteiger partial charge on any atom is -0.503 e. The summed E-state index contributed by atoms with van der Waals surface area (Å²) >= 11 is 0. The molecule has 2 heterocycles. The fourth-order valence-electron chi connectivity index (χ4n) is 3.83. The Morgan fingerprint density at radius 1 is 1.13 bits per heavy atom. The Morgan fingerprint density at radius 3 is 2.68 bits per heavy atom. The lowest BCUT2D eigenvalue weighted by atomic mass is 9.99. The standard InChI is InChI=1S/C23H23N3O4S/c1-15(25-31(2,29)30)21-11-22(27)23(28)14-26(21)18-8-5-7-16(10-18)20-13-24-12-17-6-3-4-9-19(17)20/h3-12,14-15,24-25,28H,13H2,1-2H3. The van der Waals surface area contributed by atoms with Crippen molar-refractivity contribution < 1.29 is 13.5 Å². The van der Waals surface area contributed by atoms with Gasteiger partial charge >= 0.3 is 0 Å². The molecule has 160 valence electrons. The van der Waals surface area contributed by atoms with Gasteiger partial charge in [0.2, 0.25) is 15.5 Å². The fraction of sp³-hybridized carbons (Fsp3) is 0.174. The van der Waals surface area contributed by atoms with Crippen LogP contribution >= 0.6 is 0 Å². The van der Waals surface area contributed by atoms with Crippen molar-refractivity contribution >= 4 is 21.8 Å². The van der Waals surface area contributed by atoms with Crippen LogP contribution in [-0.2, 0) is 10.0 Å². The zero-order valence-corrected chi connectivity index (χ0v) is 18.0. The number of sulfonamides is 1. The summed E-state index contributed by atoms with van der Waals surface area (Å²) in [5.74, 6) is -0.410. The predicted octanol–water partition coefficient (Wildman–Crippen LogP) is 0.693. The Kier molecular flexibility index (Phi) is 5.43. The highest BCUT2D eigenvalue weighted by atomic mass is 32.2. The van der Waals surface area contributed by atoms with Gasteiger partial charge in [-0.05, 0) is 40.6 Å². The summed E-state index contributed by atoms with van der Waals surface area (Å²) in [6.45, 7) is 2.31. The molecule has 0 fully saturated rings. The molecule has 31 heavy (non-hydrogen) atoms. The molecule has 3 aromatic rings. The van der Waals surface area contributed by atoms with E-state index in [4.69, 9.17) is 0 Å². The maximum Gasteiger partial charge on any atom is 0.223 e. The minimum absolute atomic E-state index is 0.410. The molecule has 4 rings (SSSR count). The van der Waals surface area contributed by atoms with E-state index >= 15 is 0 Å². The summed E-state index contributed by atoms with van der Waals surface area (Å²) in [7, 11) is -3.50. The maximum absolute atomic E-state index is 12.1. The van der Waals surface area contributed by atoms with Crippen LogP contribution in [0.3, 0.4) is 0 Å². The van der Waals surface area contributed by atoms with E-state index in [-0.39, 0.29) is 0 Å². The number of benzene rings is 2. The van der Waals surface area contributed by atoms with E-state index in [0.29, 0.717) is 17.9 Å². The first-order valence-electron chi connectivity index (χ1n) is 9.78. The van der Waals surface area contributed by atoms with Crippen LogP contribution in [0.25, 0.3) is 17.5 Å². The summed E-state index contributed by atoms with van der Waals surface area (Å²) in [6, 6.07) is 16.4. The van der Waals surface area contributed by atoms with Crippen molar-refractivity contribution in [2.24, 2.45) is 0 Å². The van der Waals surface area contributed by atoms with Gasteiger partial charge in [-0.1, -0.05) is 36.4 Å². The van der Waals surface area contributed by atoms with E-state index in [0.717, 1.165) is 27.8 Å². The van der Waals surface area contributed by atoms with Crippen LogP contribution in [0.1, 0.15) is 24.2 Å². The normalized spacial score (nSPS) is 14.3. The average Bonchev–Trinajstić information content (AvgIpc) is 2.74. The largest absolute Gasteiger partial charge is 0.503 e. The first kappa shape index (κ1) is 20.9. The molecular weight excluding hydrogens is 414 g/mol. The predicted molar refractivity (Wildman–Crippen MR) is 121 cm³/mol. The van der Waals surface area contributed by atoms with Crippen molar-refractivity contribution in [1.29, 1.82) is 0 Å². The van der Waals surface area contributed by atoms with Crippen LogP contribution in [-0.4, -0.2) is 30.9 Å². The van der Waals surface area contributed by atoms with Crippen molar-refractivity contribution in [1.82, 2.24) is 14.6 Å².